The van der Waals surface area contributed by atoms with Gasteiger partial charge in [-0.25, -0.2) is 9.97 Å². The number of anilines is 2. The Hall–Kier alpha value is -1.56. The number of rotatable bonds is 10. The highest BCUT2D eigenvalue weighted by molar-refractivity contribution is 5.63. The number of methoxy groups -OCH3 is 1. The fourth-order valence-electron chi connectivity index (χ4n) is 1.65. The molecule has 6 nitrogen and oxygen atoms in total. The summed E-state index contributed by atoms with van der Waals surface area (Å²) >= 11 is 0. The van der Waals surface area contributed by atoms with Crippen molar-refractivity contribution < 1.29 is 9.47 Å². The normalized spacial score (nSPS) is 10.7. The van der Waals surface area contributed by atoms with E-state index < -0.39 is 0 Å². The molecule has 0 saturated carbocycles. The van der Waals surface area contributed by atoms with E-state index in [9.17, 15) is 0 Å². The molecule has 1 rings (SSSR count). The van der Waals surface area contributed by atoms with Gasteiger partial charge in [-0.05, 0) is 19.3 Å². The number of hydrogen-bond acceptors (Lipinski definition) is 6. The van der Waals surface area contributed by atoms with E-state index in [1.54, 1.807) is 7.11 Å². The molecule has 0 spiro atoms. The molecule has 0 radical (unpaired) electrons. The smallest absolute Gasteiger partial charge is 0.204 e. The van der Waals surface area contributed by atoms with Gasteiger partial charge in [0.25, 0.3) is 0 Å². The van der Waals surface area contributed by atoms with Gasteiger partial charge in [0, 0.05) is 19.7 Å². The predicted octanol–water partition coefficient (Wildman–Crippen LogP) is 2.39. The van der Waals surface area contributed by atoms with Crippen molar-refractivity contribution in [1.29, 1.82) is 0 Å². The standard InChI is InChI=1S/C14H26N4O2/c1-5-15-13-12(19-4)14(18-10-17-13)16-7-9-20-8-6-11(2)3/h10-11H,5-9H2,1-4H3,(H2,15,16,17,18). The zero-order valence-electron chi connectivity index (χ0n) is 12.9. The van der Waals surface area contributed by atoms with Crippen LogP contribution in [0.2, 0.25) is 0 Å². The van der Waals surface area contributed by atoms with Gasteiger partial charge >= 0.3 is 0 Å². The maximum atomic E-state index is 5.56. The highest BCUT2D eigenvalue weighted by Crippen LogP contribution is 2.28. The van der Waals surface area contributed by atoms with Gasteiger partial charge in [0.15, 0.2) is 11.6 Å². The fraction of sp³-hybridized carbons (Fsp3) is 0.714. The summed E-state index contributed by atoms with van der Waals surface area (Å²) in [6.07, 6.45) is 2.60. The third-order valence-electron chi connectivity index (χ3n) is 2.73. The van der Waals surface area contributed by atoms with E-state index in [4.69, 9.17) is 9.47 Å². The lowest BCUT2D eigenvalue weighted by Gasteiger charge is -2.13. The van der Waals surface area contributed by atoms with Crippen molar-refractivity contribution >= 4 is 11.6 Å². The third kappa shape index (κ3) is 5.61. The molecule has 0 fully saturated rings. The quantitative estimate of drug-likeness (QED) is 0.642. The van der Waals surface area contributed by atoms with Gasteiger partial charge in [0.2, 0.25) is 5.75 Å². The average Bonchev–Trinajstić information content (AvgIpc) is 2.43. The molecule has 0 bridgehead atoms. The van der Waals surface area contributed by atoms with Gasteiger partial charge in [0.05, 0.1) is 13.7 Å². The third-order valence-corrected chi connectivity index (χ3v) is 2.73. The Kier molecular flexibility index (Phi) is 7.72. The first-order valence-corrected chi connectivity index (χ1v) is 7.13. The van der Waals surface area contributed by atoms with Gasteiger partial charge in [0.1, 0.15) is 6.33 Å². The SMILES string of the molecule is CCNc1ncnc(NCCOCCC(C)C)c1OC. The zero-order valence-corrected chi connectivity index (χ0v) is 12.9. The monoisotopic (exact) mass is 282 g/mol. The van der Waals surface area contributed by atoms with Crippen LogP contribution in [0.25, 0.3) is 0 Å². The molecule has 0 aliphatic heterocycles. The van der Waals surface area contributed by atoms with Gasteiger partial charge in [-0.1, -0.05) is 13.8 Å². The molecule has 0 unspecified atom stereocenters. The Balaban J connectivity index is 2.41. The van der Waals surface area contributed by atoms with Crippen LogP contribution in [0.5, 0.6) is 5.75 Å². The molecule has 114 valence electrons. The van der Waals surface area contributed by atoms with Crippen LogP contribution in [0.1, 0.15) is 27.2 Å². The Morgan fingerprint density at radius 1 is 1.15 bits per heavy atom. The molecular weight excluding hydrogens is 256 g/mol. The van der Waals surface area contributed by atoms with E-state index in [0.29, 0.717) is 36.5 Å². The first-order chi connectivity index (χ1) is 9.69. The minimum absolute atomic E-state index is 0.636. The number of aromatic nitrogens is 2. The molecule has 6 heteroatoms. The van der Waals surface area contributed by atoms with Crippen LogP contribution in [0.4, 0.5) is 11.6 Å². The minimum atomic E-state index is 0.636. The van der Waals surface area contributed by atoms with Crippen molar-refractivity contribution in [1.82, 2.24) is 9.97 Å². The topological polar surface area (TPSA) is 68.3 Å². The minimum Gasteiger partial charge on any atom is -0.490 e. The molecule has 0 aliphatic rings. The molecule has 0 saturated heterocycles. The van der Waals surface area contributed by atoms with Gasteiger partial charge in [-0.15, -0.1) is 0 Å². The summed E-state index contributed by atoms with van der Waals surface area (Å²) in [4.78, 5) is 8.35. The van der Waals surface area contributed by atoms with E-state index in [1.165, 1.54) is 6.33 Å². The second-order valence-corrected chi connectivity index (χ2v) is 4.86. The van der Waals surface area contributed by atoms with E-state index in [2.05, 4.69) is 34.4 Å². The maximum absolute atomic E-state index is 5.56. The summed E-state index contributed by atoms with van der Waals surface area (Å²) < 4.78 is 10.9. The molecule has 0 aliphatic carbocycles. The lowest BCUT2D eigenvalue weighted by Crippen LogP contribution is -2.13. The fourth-order valence-corrected chi connectivity index (χ4v) is 1.65. The first kappa shape index (κ1) is 16.5. The highest BCUT2D eigenvalue weighted by atomic mass is 16.5. The second kappa shape index (κ2) is 9.36. The Labute approximate surface area is 121 Å². The largest absolute Gasteiger partial charge is 0.490 e. The number of nitrogens with one attached hydrogen (secondary N) is 2. The summed E-state index contributed by atoms with van der Waals surface area (Å²) in [6, 6.07) is 0. The number of hydrogen-bond donors (Lipinski definition) is 2. The Morgan fingerprint density at radius 3 is 2.45 bits per heavy atom. The lowest BCUT2D eigenvalue weighted by molar-refractivity contribution is 0.132. The highest BCUT2D eigenvalue weighted by Gasteiger charge is 2.10. The van der Waals surface area contributed by atoms with Gasteiger partial charge in [-0.2, -0.15) is 0 Å². The van der Waals surface area contributed by atoms with Crippen molar-refractivity contribution in [3.63, 3.8) is 0 Å². The molecule has 2 N–H and O–H groups in total. The summed E-state index contributed by atoms with van der Waals surface area (Å²) in [7, 11) is 1.61. The van der Waals surface area contributed by atoms with Crippen molar-refractivity contribution in [2.75, 3.05) is 44.0 Å². The summed E-state index contributed by atoms with van der Waals surface area (Å²) in [6.45, 7) is 9.31. The number of nitrogens with zero attached hydrogens (tertiary/aromatic N) is 2. The average molecular weight is 282 g/mol. The van der Waals surface area contributed by atoms with Gasteiger partial charge in [-0.3, -0.25) is 0 Å². The van der Waals surface area contributed by atoms with Crippen LogP contribution in [0, 0.1) is 5.92 Å². The molecule has 0 aromatic carbocycles. The molecular formula is C14H26N4O2. The lowest BCUT2D eigenvalue weighted by atomic mass is 10.1. The summed E-state index contributed by atoms with van der Waals surface area (Å²) in [5, 5.41) is 6.35. The maximum Gasteiger partial charge on any atom is 0.204 e. The van der Waals surface area contributed by atoms with Crippen LogP contribution in [-0.2, 0) is 4.74 Å². The van der Waals surface area contributed by atoms with Crippen molar-refractivity contribution in [2.24, 2.45) is 5.92 Å². The molecule has 20 heavy (non-hydrogen) atoms. The van der Waals surface area contributed by atoms with E-state index in [-0.39, 0.29) is 0 Å². The van der Waals surface area contributed by atoms with Gasteiger partial charge < -0.3 is 20.1 Å². The summed E-state index contributed by atoms with van der Waals surface area (Å²) in [5.41, 5.74) is 0. The Bertz CT molecular complexity index is 385. The van der Waals surface area contributed by atoms with Crippen molar-refractivity contribution in [3.05, 3.63) is 6.33 Å². The molecule has 0 amide bonds. The second-order valence-electron chi connectivity index (χ2n) is 4.86. The van der Waals surface area contributed by atoms with Crippen LogP contribution >= 0.6 is 0 Å². The Morgan fingerprint density at radius 2 is 1.85 bits per heavy atom. The molecule has 1 aromatic heterocycles. The van der Waals surface area contributed by atoms with Crippen molar-refractivity contribution in [2.45, 2.75) is 27.2 Å². The predicted molar refractivity (Wildman–Crippen MR) is 81.5 cm³/mol. The van der Waals surface area contributed by atoms with E-state index in [1.807, 2.05) is 6.92 Å². The first-order valence-electron chi connectivity index (χ1n) is 7.13. The van der Waals surface area contributed by atoms with Crippen molar-refractivity contribution in [3.8, 4) is 5.75 Å². The van der Waals surface area contributed by atoms with E-state index in [0.717, 1.165) is 19.6 Å². The molecule has 0 atom stereocenters. The summed E-state index contributed by atoms with van der Waals surface area (Å²) in [5.74, 6) is 2.70. The number of ether oxygens (including phenoxy) is 2. The molecule has 1 heterocycles. The van der Waals surface area contributed by atoms with Crippen LogP contribution in [-0.4, -0.2) is 43.4 Å². The van der Waals surface area contributed by atoms with Crippen LogP contribution < -0.4 is 15.4 Å². The van der Waals surface area contributed by atoms with E-state index >= 15 is 0 Å². The molecule has 1 aromatic rings. The zero-order chi connectivity index (χ0) is 14.8. The van der Waals surface area contributed by atoms with Crippen LogP contribution in [0.15, 0.2) is 6.33 Å². The van der Waals surface area contributed by atoms with Crippen LogP contribution in [0.3, 0.4) is 0 Å².